The summed E-state index contributed by atoms with van der Waals surface area (Å²) in [6.45, 7) is 1.05. The van der Waals surface area contributed by atoms with Crippen LogP contribution in [0.3, 0.4) is 0 Å². The third kappa shape index (κ3) is 2.13. The first-order valence-corrected chi connectivity index (χ1v) is 6.43. The van der Waals surface area contributed by atoms with E-state index in [-0.39, 0.29) is 17.9 Å². The Morgan fingerprint density at radius 3 is 3.06 bits per heavy atom. The van der Waals surface area contributed by atoms with Crippen molar-refractivity contribution in [2.45, 2.75) is 18.9 Å². The van der Waals surface area contributed by atoms with Crippen LogP contribution in [0.2, 0.25) is 0 Å². The Balaban J connectivity index is 2.24. The minimum atomic E-state index is -0.0787. The Bertz CT molecular complexity index is 350. The van der Waals surface area contributed by atoms with Crippen molar-refractivity contribution in [3.05, 3.63) is 22.4 Å². The minimum absolute atomic E-state index is 0.0117. The molecule has 88 valence electrons. The van der Waals surface area contributed by atoms with Gasteiger partial charge in [0.05, 0.1) is 19.1 Å². The van der Waals surface area contributed by atoms with Crippen LogP contribution < -0.4 is 0 Å². The van der Waals surface area contributed by atoms with E-state index in [9.17, 15) is 4.79 Å². The number of hydrogen-bond acceptors (Lipinski definition) is 4. The van der Waals surface area contributed by atoms with Gasteiger partial charge in [0.25, 0.3) is 0 Å². The maximum absolute atomic E-state index is 11.8. The zero-order valence-electron chi connectivity index (χ0n) is 9.68. The molecule has 0 unspecified atom stereocenters. The monoisotopic (exact) mass is 239 g/mol. The maximum atomic E-state index is 11.8. The third-order valence-corrected chi connectivity index (χ3v) is 4.16. The number of hydrogen-bond donors (Lipinski definition) is 0. The molecule has 0 aliphatic carbocycles. The molecule has 0 amide bonds. The van der Waals surface area contributed by atoms with Gasteiger partial charge in [0, 0.05) is 4.88 Å². The summed E-state index contributed by atoms with van der Waals surface area (Å²) in [5.74, 6) is -0.0904. The third-order valence-electron chi connectivity index (χ3n) is 3.22. The molecule has 1 aliphatic rings. The van der Waals surface area contributed by atoms with Gasteiger partial charge >= 0.3 is 5.97 Å². The highest BCUT2D eigenvalue weighted by Crippen LogP contribution is 2.37. The summed E-state index contributed by atoms with van der Waals surface area (Å²) in [6.07, 6.45) is 2.00. The molecule has 1 aromatic rings. The second-order valence-corrected chi connectivity index (χ2v) is 5.19. The lowest BCUT2D eigenvalue weighted by molar-refractivity contribution is -0.149. The van der Waals surface area contributed by atoms with E-state index in [0.717, 1.165) is 19.4 Å². The van der Waals surface area contributed by atoms with Gasteiger partial charge in [-0.25, -0.2) is 0 Å². The summed E-state index contributed by atoms with van der Waals surface area (Å²) in [4.78, 5) is 15.3. The zero-order valence-corrected chi connectivity index (χ0v) is 10.5. The smallest absolute Gasteiger partial charge is 0.310 e. The maximum Gasteiger partial charge on any atom is 0.310 e. The predicted molar refractivity (Wildman–Crippen MR) is 64.4 cm³/mol. The summed E-state index contributed by atoms with van der Waals surface area (Å²) in [5.41, 5.74) is 0. The number of piperidine rings is 1. The lowest BCUT2D eigenvalue weighted by atomic mass is 9.88. The molecular formula is C12H17NO2S. The van der Waals surface area contributed by atoms with Gasteiger partial charge in [-0.15, -0.1) is 11.3 Å². The number of carbonyl (C=O) groups excluding carboxylic acids is 1. The van der Waals surface area contributed by atoms with Crippen molar-refractivity contribution < 1.29 is 9.53 Å². The SMILES string of the molecule is COC(=O)[C@H]1CCCN(C)[C@H]1c1cccs1. The van der Waals surface area contributed by atoms with Crippen molar-refractivity contribution >= 4 is 17.3 Å². The van der Waals surface area contributed by atoms with Crippen LogP contribution in [0.25, 0.3) is 0 Å². The summed E-state index contributed by atoms with van der Waals surface area (Å²) >= 11 is 1.72. The Morgan fingerprint density at radius 1 is 1.62 bits per heavy atom. The summed E-state index contributed by atoms with van der Waals surface area (Å²) < 4.78 is 4.91. The van der Waals surface area contributed by atoms with Crippen LogP contribution >= 0.6 is 11.3 Å². The number of likely N-dealkylation sites (tertiary alicyclic amines) is 1. The topological polar surface area (TPSA) is 29.5 Å². The molecule has 16 heavy (non-hydrogen) atoms. The van der Waals surface area contributed by atoms with E-state index < -0.39 is 0 Å². The highest BCUT2D eigenvalue weighted by Gasteiger charge is 2.36. The van der Waals surface area contributed by atoms with Gasteiger partial charge in [-0.2, -0.15) is 0 Å². The lowest BCUT2D eigenvalue weighted by Gasteiger charge is -2.37. The Morgan fingerprint density at radius 2 is 2.44 bits per heavy atom. The summed E-state index contributed by atoms with van der Waals surface area (Å²) in [5, 5.41) is 2.06. The number of thiophene rings is 1. The Hall–Kier alpha value is -0.870. The van der Waals surface area contributed by atoms with Crippen molar-refractivity contribution in [1.29, 1.82) is 0 Å². The van der Waals surface area contributed by atoms with Gasteiger partial charge < -0.3 is 4.74 Å². The molecule has 0 N–H and O–H groups in total. The molecule has 2 rings (SSSR count). The lowest BCUT2D eigenvalue weighted by Crippen LogP contribution is -2.39. The zero-order chi connectivity index (χ0) is 11.5. The van der Waals surface area contributed by atoms with Gasteiger partial charge in [-0.05, 0) is 37.9 Å². The average Bonchev–Trinajstić information content (AvgIpc) is 2.81. The van der Waals surface area contributed by atoms with Crippen molar-refractivity contribution in [3.63, 3.8) is 0 Å². The quantitative estimate of drug-likeness (QED) is 0.742. The van der Waals surface area contributed by atoms with Crippen LogP contribution in [0.1, 0.15) is 23.8 Å². The molecule has 4 heteroatoms. The van der Waals surface area contributed by atoms with E-state index in [4.69, 9.17) is 4.74 Å². The van der Waals surface area contributed by atoms with Crippen LogP contribution in [-0.4, -0.2) is 31.6 Å². The minimum Gasteiger partial charge on any atom is -0.469 e. The molecule has 1 aromatic heterocycles. The molecule has 1 aliphatic heterocycles. The second kappa shape index (κ2) is 4.97. The number of carbonyl (C=O) groups is 1. The molecule has 1 fully saturated rings. The largest absolute Gasteiger partial charge is 0.469 e. The average molecular weight is 239 g/mol. The van der Waals surface area contributed by atoms with Crippen molar-refractivity contribution in [2.24, 2.45) is 5.92 Å². The van der Waals surface area contributed by atoms with Crippen LogP contribution in [0.5, 0.6) is 0 Å². The fourth-order valence-electron chi connectivity index (χ4n) is 2.44. The molecule has 1 saturated heterocycles. The van der Waals surface area contributed by atoms with Gasteiger partial charge in [-0.1, -0.05) is 6.07 Å². The molecule has 0 bridgehead atoms. The first kappa shape index (κ1) is 11.6. The van der Waals surface area contributed by atoms with E-state index >= 15 is 0 Å². The summed E-state index contributed by atoms with van der Waals surface area (Å²) in [7, 11) is 3.56. The van der Waals surface area contributed by atoms with Gasteiger partial charge in [-0.3, -0.25) is 9.69 Å². The fourth-order valence-corrected chi connectivity index (χ4v) is 3.39. The number of esters is 1. The Kier molecular flexibility index (Phi) is 3.61. The van der Waals surface area contributed by atoms with E-state index in [0.29, 0.717) is 0 Å². The van der Waals surface area contributed by atoms with E-state index in [2.05, 4.69) is 23.4 Å². The molecule has 2 atom stereocenters. The van der Waals surface area contributed by atoms with Crippen LogP contribution in [-0.2, 0) is 9.53 Å². The number of nitrogens with zero attached hydrogens (tertiary/aromatic N) is 1. The molecule has 0 spiro atoms. The van der Waals surface area contributed by atoms with Gasteiger partial charge in [0.15, 0.2) is 0 Å². The van der Waals surface area contributed by atoms with Crippen molar-refractivity contribution in [2.75, 3.05) is 20.7 Å². The first-order chi connectivity index (χ1) is 7.74. The van der Waals surface area contributed by atoms with Crippen molar-refractivity contribution in [1.82, 2.24) is 4.90 Å². The molecule has 0 saturated carbocycles. The standard InChI is InChI=1S/C12H17NO2S/c1-13-7-3-5-9(12(14)15-2)11(13)10-6-4-8-16-10/h4,6,8-9,11H,3,5,7H2,1-2H3/t9-,11+/m0/s1. The Labute approximate surface area is 100 Å². The number of ether oxygens (including phenoxy) is 1. The molecule has 0 radical (unpaired) electrons. The van der Waals surface area contributed by atoms with Crippen LogP contribution in [0.4, 0.5) is 0 Å². The molecule has 3 nitrogen and oxygen atoms in total. The van der Waals surface area contributed by atoms with Crippen LogP contribution in [0, 0.1) is 5.92 Å². The molecule has 0 aromatic carbocycles. The summed E-state index contributed by atoms with van der Waals surface area (Å²) in [6, 6.07) is 4.34. The van der Waals surface area contributed by atoms with E-state index in [1.165, 1.54) is 12.0 Å². The fraction of sp³-hybridized carbons (Fsp3) is 0.583. The molecular weight excluding hydrogens is 222 g/mol. The van der Waals surface area contributed by atoms with Gasteiger partial charge in [0.2, 0.25) is 0 Å². The molecule has 2 heterocycles. The van der Waals surface area contributed by atoms with Crippen molar-refractivity contribution in [3.8, 4) is 0 Å². The van der Waals surface area contributed by atoms with E-state index in [1.807, 2.05) is 6.07 Å². The van der Waals surface area contributed by atoms with Gasteiger partial charge in [0.1, 0.15) is 0 Å². The van der Waals surface area contributed by atoms with E-state index in [1.54, 1.807) is 11.3 Å². The van der Waals surface area contributed by atoms with Crippen LogP contribution in [0.15, 0.2) is 17.5 Å². The normalized spacial score (nSPS) is 26.6. The highest BCUT2D eigenvalue weighted by molar-refractivity contribution is 7.10. The number of rotatable bonds is 2. The predicted octanol–water partition coefficient (Wildman–Crippen LogP) is 2.30. The second-order valence-electron chi connectivity index (χ2n) is 4.21. The highest BCUT2D eigenvalue weighted by atomic mass is 32.1. The number of methoxy groups -OCH3 is 1. The first-order valence-electron chi connectivity index (χ1n) is 5.55.